The molecule has 0 saturated carbocycles. The Labute approximate surface area is 203 Å². The maximum Gasteiger partial charge on any atom is 0.573 e. The Bertz CT molecular complexity index is 1290. The molecular formula is C21H22F4N5O3S2+. The fourth-order valence-corrected chi connectivity index (χ4v) is 5.52. The van der Waals surface area contributed by atoms with E-state index in [9.17, 15) is 26.0 Å². The van der Waals surface area contributed by atoms with Crippen LogP contribution in [-0.4, -0.2) is 45.9 Å². The number of benzene rings is 2. The van der Waals surface area contributed by atoms with Crippen LogP contribution in [0.2, 0.25) is 0 Å². The largest absolute Gasteiger partial charge is 0.573 e. The molecule has 1 aliphatic heterocycles. The maximum absolute atomic E-state index is 14.8. The highest BCUT2D eigenvalue weighted by molar-refractivity contribution is 7.85. The van der Waals surface area contributed by atoms with Crippen LogP contribution < -0.4 is 25.0 Å². The molecule has 8 nitrogen and oxygen atoms in total. The standard InChI is InChI=1S/C21H21F4N5O3S2/c1-26-14-6-7-30(10-14)18-9-15(33-21(23,24)25)3-4-17(18)28-13-2-5-19(16(22)8-13)35(31,32)29-20-11-34-12-27-20/h2-5,8-9,11-12,14,26,28-29H,6-7,10H2,1H3/p+1. The predicted octanol–water partition coefficient (Wildman–Crippen LogP) is 3.31. The zero-order chi connectivity index (χ0) is 25.2. The second-order valence-electron chi connectivity index (χ2n) is 7.79. The molecule has 14 heteroatoms. The number of quaternary nitrogens is 1. The number of thiazole rings is 1. The fourth-order valence-electron chi connectivity index (χ4n) is 3.76. The molecular weight excluding hydrogens is 510 g/mol. The van der Waals surface area contributed by atoms with Gasteiger partial charge in [0, 0.05) is 30.9 Å². The van der Waals surface area contributed by atoms with E-state index in [1.165, 1.54) is 40.4 Å². The summed E-state index contributed by atoms with van der Waals surface area (Å²) >= 11 is 1.21. The Hall–Kier alpha value is -2.94. The smallest absolute Gasteiger partial charge is 0.406 e. The number of primary sulfonamides is 1. The molecule has 1 unspecified atom stereocenters. The minimum atomic E-state index is -4.84. The number of anilines is 3. The van der Waals surface area contributed by atoms with Crippen molar-refractivity contribution in [2.24, 2.45) is 0 Å². The summed E-state index contributed by atoms with van der Waals surface area (Å²) in [4.78, 5) is 5.26. The Morgan fingerprint density at radius 2 is 2.03 bits per heavy atom. The average Bonchev–Trinajstić information content (AvgIpc) is 3.45. The van der Waals surface area contributed by atoms with E-state index in [0.717, 1.165) is 29.3 Å². The van der Waals surface area contributed by atoms with Crippen molar-refractivity contribution < 1.29 is 35.4 Å². The number of halogens is 4. The van der Waals surface area contributed by atoms with Gasteiger partial charge in [0.05, 0.1) is 22.3 Å². The van der Waals surface area contributed by atoms with Crippen molar-refractivity contribution in [2.45, 2.75) is 23.7 Å². The Balaban J connectivity index is 1.61. The number of alkyl halides is 3. The monoisotopic (exact) mass is 532 g/mol. The molecule has 1 atom stereocenters. The van der Waals surface area contributed by atoms with Gasteiger partial charge >= 0.3 is 16.4 Å². The number of rotatable bonds is 8. The van der Waals surface area contributed by atoms with Crippen LogP contribution in [0.15, 0.2) is 52.2 Å². The number of hydrogen-bond acceptors (Lipinski definition) is 8. The van der Waals surface area contributed by atoms with Gasteiger partial charge in [-0.2, -0.15) is 18.1 Å². The van der Waals surface area contributed by atoms with Gasteiger partial charge in [0.25, 0.3) is 5.82 Å². The van der Waals surface area contributed by atoms with Gasteiger partial charge in [-0.15, -0.1) is 24.5 Å². The third kappa shape index (κ3) is 6.20. The number of sulfonamides is 1. The van der Waals surface area contributed by atoms with Gasteiger partial charge < -0.3 is 20.3 Å². The van der Waals surface area contributed by atoms with Crippen molar-refractivity contribution in [1.29, 1.82) is 0 Å². The summed E-state index contributed by atoms with van der Waals surface area (Å²) in [7, 11) is -2.27. The van der Waals surface area contributed by atoms with Gasteiger partial charge in [0.15, 0.2) is 4.90 Å². The van der Waals surface area contributed by atoms with Crippen molar-refractivity contribution in [2.75, 3.05) is 30.4 Å². The lowest BCUT2D eigenvalue weighted by atomic mass is 10.2. The van der Waals surface area contributed by atoms with Crippen molar-refractivity contribution in [1.82, 2.24) is 10.3 Å². The molecule has 1 aromatic heterocycles. The highest BCUT2D eigenvalue weighted by atomic mass is 32.2. The van der Waals surface area contributed by atoms with Gasteiger partial charge in [-0.3, -0.25) is 0 Å². The normalized spacial score (nSPS) is 16.5. The quantitative estimate of drug-likeness (QED) is 0.383. The molecule has 1 aliphatic rings. The molecule has 1 fully saturated rings. The third-order valence-corrected chi connectivity index (χ3v) is 7.49. The second kappa shape index (κ2) is 9.97. The topological polar surface area (TPSA) is 100 Å². The summed E-state index contributed by atoms with van der Waals surface area (Å²) in [6.07, 6.45) is -4.05. The maximum atomic E-state index is 14.8. The number of nitrogens with one attached hydrogen (secondary N) is 2. The van der Waals surface area contributed by atoms with Crippen LogP contribution in [0.3, 0.4) is 0 Å². The molecule has 0 amide bonds. The first-order valence-corrected chi connectivity index (χ1v) is 12.9. The lowest BCUT2D eigenvalue weighted by Gasteiger charge is -2.24. The molecule has 3 aromatic rings. The highest BCUT2D eigenvalue weighted by Crippen LogP contribution is 2.36. The molecule has 1 saturated heterocycles. The SMILES string of the molecule is CNC1CCN(c2cc(OC(F)(F)F)ccc2Nc2ccc(S(=O)(=O)[NH2+]c3cscn3)c(F)c2)C1. The summed E-state index contributed by atoms with van der Waals surface area (Å²) in [6.45, 7) is 1.15. The number of nitrogens with two attached hydrogens (primary N) is 1. The zero-order valence-electron chi connectivity index (χ0n) is 18.3. The van der Waals surface area contributed by atoms with Crippen LogP contribution in [0, 0.1) is 5.82 Å². The number of nitrogens with zero attached hydrogens (tertiary/aromatic N) is 2. The van der Waals surface area contributed by atoms with E-state index in [2.05, 4.69) is 20.4 Å². The van der Waals surface area contributed by atoms with Crippen molar-refractivity contribution in [3.63, 3.8) is 0 Å². The minimum absolute atomic E-state index is 0.158. The van der Waals surface area contributed by atoms with E-state index in [0.29, 0.717) is 24.5 Å². The minimum Gasteiger partial charge on any atom is -0.406 e. The second-order valence-corrected chi connectivity index (χ2v) is 10.3. The van der Waals surface area contributed by atoms with Gasteiger partial charge in [-0.1, -0.05) is 0 Å². The lowest BCUT2D eigenvalue weighted by molar-refractivity contribution is -0.401. The predicted molar refractivity (Wildman–Crippen MR) is 123 cm³/mol. The Morgan fingerprint density at radius 3 is 2.66 bits per heavy atom. The Kier molecular flexibility index (Phi) is 7.17. The number of likely N-dealkylation sites (N-methyl/N-ethyl adjacent to an activating group) is 1. The molecule has 188 valence electrons. The van der Waals surface area contributed by atoms with Crippen LogP contribution in [0.5, 0.6) is 5.75 Å². The molecule has 4 rings (SSSR count). The van der Waals surface area contributed by atoms with Crippen LogP contribution in [0.4, 0.5) is 40.4 Å². The average molecular weight is 533 g/mol. The van der Waals surface area contributed by atoms with Crippen molar-refractivity contribution in [3.05, 3.63) is 53.1 Å². The van der Waals surface area contributed by atoms with Crippen molar-refractivity contribution in [3.8, 4) is 5.75 Å². The molecule has 0 bridgehead atoms. The fraction of sp³-hybridized carbons (Fsp3) is 0.286. The summed E-state index contributed by atoms with van der Waals surface area (Å²) in [5.74, 6) is -1.15. The number of aromatic nitrogens is 1. The van der Waals surface area contributed by atoms with Crippen LogP contribution in [-0.2, 0) is 10.0 Å². The molecule has 2 heterocycles. The van der Waals surface area contributed by atoms with Crippen molar-refractivity contribution >= 4 is 44.2 Å². The van der Waals surface area contributed by atoms with E-state index in [1.54, 1.807) is 7.05 Å². The highest BCUT2D eigenvalue weighted by Gasteiger charge is 2.32. The first kappa shape index (κ1) is 25.2. The molecule has 0 aliphatic carbocycles. The van der Waals surface area contributed by atoms with E-state index in [1.807, 2.05) is 4.90 Å². The van der Waals surface area contributed by atoms with Gasteiger partial charge in [-0.05, 0) is 43.8 Å². The van der Waals surface area contributed by atoms with E-state index in [4.69, 9.17) is 0 Å². The number of hydrogen-bond donors (Lipinski definition) is 3. The van der Waals surface area contributed by atoms with E-state index in [-0.39, 0.29) is 23.3 Å². The van der Waals surface area contributed by atoms with Gasteiger partial charge in [0.2, 0.25) is 0 Å². The van der Waals surface area contributed by atoms with E-state index >= 15 is 0 Å². The summed E-state index contributed by atoms with van der Waals surface area (Å²) in [5.41, 5.74) is 2.55. The third-order valence-electron chi connectivity index (χ3n) is 5.38. The van der Waals surface area contributed by atoms with Gasteiger partial charge in [-0.25, -0.2) is 4.39 Å². The summed E-state index contributed by atoms with van der Waals surface area (Å²) < 4.78 is 83.1. The molecule has 35 heavy (non-hydrogen) atoms. The summed E-state index contributed by atoms with van der Waals surface area (Å²) in [5, 5.41) is 7.65. The zero-order valence-corrected chi connectivity index (χ0v) is 20.0. The first-order chi connectivity index (χ1) is 16.5. The summed E-state index contributed by atoms with van der Waals surface area (Å²) in [6, 6.07) is 7.52. The first-order valence-electron chi connectivity index (χ1n) is 10.4. The molecule has 0 spiro atoms. The van der Waals surface area contributed by atoms with Crippen LogP contribution in [0.1, 0.15) is 6.42 Å². The molecule has 2 aromatic carbocycles. The van der Waals surface area contributed by atoms with Crippen LogP contribution >= 0.6 is 11.3 Å². The van der Waals surface area contributed by atoms with E-state index < -0.39 is 27.1 Å². The van der Waals surface area contributed by atoms with Gasteiger partial charge in [0.1, 0.15) is 11.6 Å². The molecule has 4 N–H and O–H groups in total. The molecule has 0 radical (unpaired) electrons. The number of ether oxygens (including phenoxy) is 1. The van der Waals surface area contributed by atoms with Crippen LogP contribution in [0.25, 0.3) is 0 Å². The lowest BCUT2D eigenvalue weighted by Crippen LogP contribution is -2.81. The Morgan fingerprint density at radius 1 is 1.23 bits per heavy atom.